The van der Waals surface area contributed by atoms with E-state index in [0.717, 1.165) is 31.2 Å². The number of halogens is 3. The second-order valence-electron chi connectivity index (χ2n) is 7.36. The van der Waals surface area contributed by atoms with E-state index in [4.69, 9.17) is 0 Å². The SMILES string of the molecule is CC1CCN(c2c(S(=O)(=O)c3ccc(F)c(F)c3)cnc3c(F)cccc23)CC1. The molecule has 0 aliphatic carbocycles. The van der Waals surface area contributed by atoms with Crippen molar-refractivity contribution in [2.75, 3.05) is 18.0 Å². The van der Waals surface area contributed by atoms with Gasteiger partial charge in [-0.1, -0.05) is 19.1 Å². The Hall–Kier alpha value is -2.61. The van der Waals surface area contributed by atoms with Crippen LogP contribution in [0.25, 0.3) is 10.9 Å². The van der Waals surface area contributed by atoms with Gasteiger partial charge in [-0.25, -0.2) is 21.6 Å². The van der Waals surface area contributed by atoms with Crippen LogP contribution in [-0.4, -0.2) is 26.5 Å². The molecule has 0 amide bonds. The fraction of sp³-hybridized carbons (Fsp3) is 0.286. The summed E-state index contributed by atoms with van der Waals surface area (Å²) in [6, 6.07) is 6.85. The molecular weight excluding hydrogens is 401 g/mol. The molecule has 1 aliphatic heterocycles. The Morgan fingerprint density at radius 2 is 1.72 bits per heavy atom. The van der Waals surface area contributed by atoms with Crippen LogP contribution in [0.1, 0.15) is 19.8 Å². The molecule has 2 heterocycles. The Balaban J connectivity index is 1.96. The summed E-state index contributed by atoms with van der Waals surface area (Å²) < 4.78 is 68.0. The lowest BCUT2D eigenvalue weighted by Gasteiger charge is -2.34. The van der Waals surface area contributed by atoms with Gasteiger partial charge in [0.05, 0.1) is 10.6 Å². The van der Waals surface area contributed by atoms with Gasteiger partial charge in [0.1, 0.15) is 16.2 Å². The Bertz CT molecular complexity index is 1190. The van der Waals surface area contributed by atoms with Gasteiger partial charge in [-0.2, -0.15) is 0 Å². The number of hydrogen-bond donors (Lipinski definition) is 0. The van der Waals surface area contributed by atoms with Crippen molar-refractivity contribution in [3.63, 3.8) is 0 Å². The first-order valence-electron chi connectivity index (χ1n) is 9.31. The summed E-state index contributed by atoms with van der Waals surface area (Å²) in [5.74, 6) is -2.43. The predicted molar refractivity (Wildman–Crippen MR) is 104 cm³/mol. The third-order valence-electron chi connectivity index (χ3n) is 5.38. The second-order valence-corrected chi connectivity index (χ2v) is 9.27. The Kier molecular flexibility index (Phi) is 4.98. The van der Waals surface area contributed by atoms with E-state index in [1.165, 1.54) is 12.1 Å². The molecule has 1 saturated heterocycles. The molecule has 3 aromatic rings. The lowest BCUT2D eigenvalue weighted by atomic mass is 9.98. The minimum absolute atomic E-state index is 0.0744. The summed E-state index contributed by atoms with van der Waals surface area (Å²) in [7, 11) is -4.21. The lowest BCUT2D eigenvalue weighted by Crippen LogP contribution is -2.34. The standard InChI is InChI=1S/C21H19F3N2O2S/c1-13-7-9-26(10-8-13)21-15-3-2-4-17(23)20(15)25-12-19(21)29(27,28)14-5-6-16(22)18(24)11-14/h2-6,11-13H,7-10H2,1H3. The zero-order valence-electron chi connectivity index (χ0n) is 15.7. The maximum absolute atomic E-state index is 14.3. The van der Waals surface area contributed by atoms with Gasteiger partial charge in [0.2, 0.25) is 9.84 Å². The smallest absolute Gasteiger partial charge is 0.210 e. The van der Waals surface area contributed by atoms with Crippen molar-refractivity contribution in [1.29, 1.82) is 0 Å². The van der Waals surface area contributed by atoms with Gasteiger partial charge in [-0.3, -0.25) is 4.98 Å². The molecule has 1 aromatic heterocycles. The minimum Gasteiger partial charge on any atom is -0.370 e. The van der Waals surface area contributed by atoms with E-state index in [2.05, 4.69) is 11.9 Å². The van der Waals surface area contributed by atoms with E-state index in [9.17, 15) is 21.6 Å². The first kappa shape index (κ1) is 19.7. The van der Waals surface area contributed by atoms with E-state index in [1.54, 1.807) is 6.07 Å². The Morgan fingerprint density at radius 1 is 1.00 bits per heavy atom. The van der Waals surface area contributed by atoms with Crippen molar-refractivity contribution in [3.8, 4) is 0 Å². The maximum atomic E-state index is 14.3. The van der Waals surface area contributed by atoms with Crippen LogP contribution in [0.3, 0.4) is 0 Å². The molecule has 0 bridgehead atoms. The average molecular weight is 420 g/mol. The number of sulfone groups is 1. The Morgan fingerprint density at radius 3 is 2.41 bits per heavy atom. The molecule has 0 atom stereocenters. The van der Waals surface area contributed by atoms with Gasteiger partial charge in [-0.15, -0.1) is 0 Å². The van der Waals surface area contributed by atoms with Crippen LogP contribution in [0.2, 0.25) is 0 Å². The number of aromatic nitrogens is 1. The molecule has 4 nitrogen and oxygen atoms in total. The molecule has 0 spiro atoms. The van der Waals surface area contributed by atoms with E-state index in [-0.39, 0.29) is 15.3 Å². The van der Waals surface area contributed by atoms with Crippen LogP contribution in [0.15, 0.2) is 52.4 Å². The maximum Gasteiger partial charge on any atom is 0.210 e. The van der Waals surface area contributed by atoms with E-state index >= 15 is 0 Å². The van der Waals surface area contributed by atoms with Crippen LogP contribution in [0.4, 0.5) is 18.9 Å². The minimum atomic E-state index is -4.21. The fourth-order valence-corrected chi connectivity index (χ4v) is 5.13. The molecule has 2 aromatic carbocycles. The molecular formula is C21H19F3N2O2S. The second kappa shape index (κ2) is 7.33. The number of nitrogens with zero attached hydrogens (tertiary/aromatic N) is 2. The van der Waals surface area contributed by atoms with Crippen molar-refractivity contribution < 1.29 is 21.6 Å². The number of piperidine rings is 1. The van der Waals surface area contributed by atoms with Crippen LogP contribution >= 0.6 is 0 Å². The van der Waals surface area contributed by atoms with E-state index < -0.39 is 27.3 Å². The summed E-state index contributed by atoms with van der Waals surface area (Å²) in [6.07, 6.45) is 2.84. The predicted octanol–water partition coefficient (Wildman–Crippen LogP) is 4.72. The molecule has 152 valence electrons. The average Bonchev–Trinajstić information content (AvgIpc) is 2.70. The first-order valence-corrected chi connectivity index (χ1v) is 10.8. The monoisotopic (exact) mass is 420 g/mol. The molecule has 4 rings (SSSR count). The highest BCUT2D eigenvalue weighted by Crippen LogP contribution is 2.38. The summed E-state index contributed by atoms with van der Waals surface area (Å²) in [4.78, 5) is 5.43. The van der Waals surface area contributed by atoms with Crippen molar-refractivity contribution in [2.24, 2.45) is 5.92 Å². The number of hydrogen-bond acceptors (Lipinski definition) is 4. The van der Waals surface area contributed by atoms with Gasteiger partial charge in [-0.05, 0) is 43.0 Å². The van der Waals surface area contributed by atoms with Gasteiger partial charge in [0, 0.05) is 24.7 Å². The van der Waals surface area contributed by atoms with Crippen molar-refractivity contribution in [1.82, 2.24) is 4.98 Å². The van der Waals surface area contributed by atoms with Gasteiger partial charge in [0.25, 0.3) is 0 Å². The van der Waals surface area contributed by atoms with E-state index in [0.29, 0.717) is 36.1 Å². The highest BCUT2D eigenvalue weighted by Gasteiger charge is 2.29. The van der Waals surface area contributed by atoms with Crippen LogP contribution in [0.5, 0.6) is 0 Å². The van der Waals surface area contributed by atoms with Crippen molar-refractivity contribution in [3.05, 3.63) is 60.0 Å². The Labute approximate surface area is 166 Å². The quantitative estimate of drug-likeness (QED) is 0.576. The van der Waals surface area contributed by atoms with Crippen molar-refractivity contribution >= 4 is 26.4 Å². The van der Waals surface area contributed by atoms with Gasteiger partial charge in [0.15, 0.2) is 11.6 Å². The molecule has 0 radical (unpaired) electrons. The number of para-hydroxylation sites is 1. The van der Waals surface area contributed by atoms with Crippen molar-refractivity contribution in [2.45, 2.75) is 29.6 Å². The summed E-state index contributed by atoms with van der Waals surface area (Å²) in [5, 5.41) is 0.378. The van der Waals surface area contributed by atoms with Crippen LogP contribution in [-0.2, 0) is 9.84 Å². The summed E-state index contributed by atoms with van der Waals surface area (Å²) in [6.45, 7) is 3.34. The van der Waals surface area contributed by atoms with Gasteiger partial charge >= 0.3 is 0 Å². The van der Waals surface area contributed by atoms with Crippen LogP contribution < -0.4 is 4.90 Å². The molecule has 8 heteroatoms. The molecule has 29 heavy (non-hydrogen) atoms. The summed E-state index contributed by atoms with van der Waals surface area (Å²) in [5.41, 5.74) is 0.427. The highest BCUT2D eigenvalue weighted by molar-refractivity contribution is 7.91. The number of benzene rings is 2. The third kappa shape index (κ3) is 3.46. The van der Waals surface area contributed by atoms with Gasteiger partial charge < -0.3 is 4.90 Å². The van der Waals surface area contributed by atoms with Crippen LogP contribution in [0, 0.1) is 23.4 Å². The zero-order valence-corrected chi connectivity index (χ0v) is 16.5. The molecule has 0 unspecified atom stereocenters. The number of pyridine rings is 1. The first-order chi connectivity index (χ1) is 13.8. The third-order valence-corrected chi connectivity index (χ3v) is 7.13. The fourth-order valence-electron chi connectivity index (χ4n) is 3.68. The largest absolute Gasteiger partial charge is 0.370 e. The molecule has 0 N–H and O–H groups in total. The van der Waals surface area contributed by atoms with E-state index in [1.807, 2.05) is 4.90 Å². The molecule has 1 fully saturated rings. The molecule has 1 aliphatic rings. The highest BCUT2D eigenvalue weighted by atomic mass is 32.2. The normalized spacial score (nSPS) is 15.8. The molecule has 0 saturated carbocycles. The number of anilines is 1. The topological polar surface area (TPSA) is 50.3 Å². The zero-order chi connectivity index (χ0) is 20.8. The summed E-state index contributed by atoms with van der Waals surface area (Å²) >= 11 is 0. The number of fused-ring (bicyclic) bond motifs is 1. The lowest BCUT2D eigenvalue weighted by molar-refractivity contribution is 0.437. The number of rotatable bonds is 3.